The van der Waals surface area contributed by atoms with Gasteiger partial charge in [0.15, 0.2) is 0 Å². The predicted molar refractivity (Wildman–Crippen MR) is 81.4 cm³/mol. The first-order valence-corrected chi connectivity index (χ1v) is 7.43. The highest BCUT2D eigenvalue weighted by Gasteiger charge is 2.30. The van der Waals surface area contributed by atoms with Crippen molar-refractivity contribution in [2.45, 2.75) is 24.8 Å². The molecule has 0 bridgehead atoms. The summed E-state index contributed by atoms with van der Waals surface area (Å²) in [6, 6.07) is 10.5. The number of rotatable bonds is 5. The minimum Gasteiger partial charge on any atom is -0.408 e. The average Bonchev–Trinajstić information content (AvgIpc) is 3.15. The topological polar surface area (TPSA) is 68.8 Å². The normalized spacial score (nSPS) is 15.7. The third-order valence-corrected chi connectivity index (χ3v) is 3.88. The zero-order chi connectivity index (χ0) is 14.9. The lowest BCUT2D eigenvalue weighted by atomic mass is 10.1. The van der Waals surface area contributed by atoms with E-state index >= 15 is 0 Å². The molecule has 6 heteroatoms. The van der Waals surface area contributed by atoms with Gasteiger partial charge in [0.05, 0.1) is 0 Å². The van der Waals surface area contributed by atoms with Crippen molar-refractivity contribution in [3.63, 3.8) is 0 Å². The summed E-state index contributed by atoms with van der Waals surface area (Å²) in [6.07, 6.45) is 6.00. The fraction of sp³-hybridized carbons (Fsp3) is 0.312. The first kappa shape index (κ1) is 13.1. The maximum Gasteiger partial charge on any atom is 0.316 e. The van der Waals surface area contributed by atoms with E-state index in [1.165, 1.54) is 0 Å². The van der Waals surface area contributed by atoms with Crippen LogP contribution in [0.4, 0.5) is 6.01 Å². The van der Waals surface area contributed by atoms with Gasteiger partial charge in [-0.25, -0.2) is 4.98 Å². The first-order valence-electron chi connectivity index (χ1n) is 7.43. The molecule has 1 aromatic carbocycles. The number of aromatic nitrogens is 4. The zero-order valence-corrected chi connectivity index (χ0v) is 12.3. The van der Waals surface area contributed by atoms with Crippen molar-refractivity contribution < 1.29 is 4.42 Å². The molecule has 0 unspecified atom stereocenters. The lowest BCUT2D eigenvalue weighted by Crippen LogP contribution is -2.16. The molecule has 6 nitrogen and oxygen atoms in total. The van der Waals surface area contributed by atoms with Crippen molar-refractivity contribution in [2.24, 2.45) is 7.05 Å². The average molecular weight is 295 g/mol. The number of aryl methyl sites for hydroxylation is 1. The molecule has 1 fully saturated rings. The van der Waals surface area contributed by atoms with Crippen molar-refractivity contribution in [3.8, 4) is 0 Å². The maximum absolute atomic E-state index is 5.73. The standard InChI is InChI=1S/C16H17N5O/c1-21-10-9-17-14(21)13(11-5-3-2-4-6-11)18-16-20-19-15(22-16)12-7-8-12/h2-6,9-10,12-13H,7-8H2,1H3,(H,18,20)/t13-/m0/s1. The van der Waals surface area contributed by atoms with E-state index < -0.39 is 0 Å². The minimum atomic E-state index is -0.131. The second-order valence-electron chi connectivity index (χ2n) is 5.60. The molecule has 0 radical (unpaired) electrons. The van der Waals surface area contributed by atoms with E-state index in [2.05, 4.69) is 32.6 Å². The molecule has 0 amide bonds. The Hall–Kier alpha value is -2.63. The van der Waals surface area contributed by atoms with Gasteiger partial charge in [0, 0.05) is 25.4 Å². The van der Waals surface area contributed by atoms with Crippen molar-refractivity contribution in [3.05, 3.63) is 60.0 Å². The Labute approximate surface area is 128 Å². The number of anilines is 1. The van der Waals surface area contributed by atoms with Crippen LogP contribution in [0.2, 0.25) is 0 Å². The molecule has 0 saturated heterocycles. The van der Waals surface area contributed by atoms with Gasteiger partial charge in [-0.15, -0.1) is 5.10 Å². The molecule has 4 rings (SSSR count). The van der Waals surface area contributed by atoms with Crippen LogP contribution in [-0.4, -0.2) is 19.7 Å². The molecule has 1 saturated carbocycles. The van der Waals surface area contributed by atoms with Gasteiger partial charge in [-0.2, -0.15) is 0 Å². The Balaban J connectivity index is 1.66. The number of benzene rings is 1. The second kappa shape index (κ2) is 5.29. The third kappa shape index (κ3) is 2.47. The maximum atomic E-state index is 5.73. The number of nitrogens with zero attached hydrogens (tertiary/aromatic N) is 4. The van der Waals surface area contributed by atoms with Crippen LogP contribution in [0, 0.1) is 0 Å². The number of nitrogens with one attached hydrogen (secondary N) is 1. The fourth-order valence-electron chi connectivity index (χ4n) is 2.51. The van der Waals surface area contributed by atoms with E-state index in [9.17, 15) is 0 Å². The van der Waals surface area contributed by atoms with E-state index in [1.54, 1.807) is 6.20 Å². The molecule has 1 aliphatic rings. The highest BCUT2D eigenvalue weighted by atomic mass is 16.4. The molecular weight excluding hydrogens is 278 g/mol. The molecule has 0 aliphatic heterocycles. The van der Waals surface area contributed by atoms with Crippen molar-refractivity contribution in [1.29, 1.82) is 0 Å². The van der Waals surface area contributed by atoms with Crippen LogP contribution in [0.5, 0.6) is 0 Å². The molecule has 2 aromatic heterocycles. The van der Waals surface area contributed by atoms with Gasteiger partial charge in [0.25, 0.3) is 0 Å². The van der Waals surface area contributed by atoms with Crippen molar-refractivity contribution >= 4 is 6.01 Å². The highest BCUT2D eigenvalue weighted by Crippen LogP contribution is 2.39. The summed E-state index contributed by atoms with van der Waals surface area (Å²) in [5, 5.41) is 11.6. The Morgan fingerprint density at radius 3 is 2.73 bits per heavy atom. The van der Waals surface area contributed by atoms with Crippen LogP contribution in [0.15, 0.2) is 47.1 Å². The van der Waals surface area contributed by atoms with Crippen LogP contribution in [0.25, 0.3) is 0 Å². The van der Waals surface area contributed by atoms with Crippen LogP contribution < -0.4 is 5.32 Å². The van der Waals surface area contributed by atoms with Crippen LogP contribution in [0.3, 0.4) is 0 Å². The lowest BCUT2D eigenvalue weighted by molar-refractivity contribution is 0.502. The van der Waals surface area contributed by atoms with Gasteiger partial charge >= 0.3 is 6.01 Å². The number of imidazole rings is 1. The van der Waals surface area contributed by atoms with Gasteiger partial charge in [-0.05, 0) is 18.4 Å². The summed E-state index contributed by atoms with van der Waals surface area (Å²) in [5.41, 5.74) is 1.10. The zero-order valence-electron chi connectivity index (χ0n) is 12.3. The Morgan fingerprint density at radius 1 is 1.23 bits per heavy atom. The summed E-state index contributed by atoms with van der Waals surface area (Å²) >= 11 is 0. The summed E-state index contributed by atoms with van der Waals surface area (Å²) in [7, 11) is 1.98. The smallest absolute Gasteiger partial charge is 0.316 e. The molecule has 112 valence electrons. The van der Waals surface area contributed by atoms with E-state index in [4.69, 9.17) is 4.42 Å². The second-order valence-corrected chi connectivity index (χ2v) is 5.60. The molecule has 1 aliphatic carbocycles. The monoisotopic (exact) mass is 295 g/mol. The van der Waals surface area contributed by atoms with Crippen LogP contribution >= 0.6 is 0 Å². The largest absolute Gasteiger partial charge is 0.408 e. The fourth-order valence-corrected chi connectivity index (χ4v) is 2.51. The van der Waals surface area contributed by atoms with Gasteiger partial charge in [-0.1, -0.05) is 35.4 Å². The molecular formula is C16H17N5O. The van der Waals surface area contributed by atoms with Gasteiger partial charge in [0.2, 0.25) is 5.89 Å². The van der Waals surface area contributed by atoms with E-state index in [-0.39, 0.29) is 6.04 Å². The van der Waals surface area contributed by atoms with Gasteiger partial charge in [0.1, 0.15) is 11.9 Å². The Bertz CT molecular complexity index is 760. The van der Waals surface area contributed by atoms with Crippen LogP contribution in [-0.2, 0) is 7.05 Å². The Kier molecular flexibility index (Phi) is 3.14. The van der Waals surface area contributed by atoms with E-state index in [0.29, 0.717) is 11.9 Å². The third-order valence-electron chi connectivity index (χ3n) is 3.88. The molecule has 1 atom stereocenters. The molecule has 22 heavy (non-hydrogen) atoms. The summed E-state index contributed by atoms with van der Waals surface area (Å²) in [5.74, 6) is 2.08. The highest BCUT2D eigenvalue weighted by molar-refractivity contribution is 5.35. The first-order chi connectivity index (χ1) is 10.8. The van der Waals surface area contributed by atoms with Crippen molar-refractivity contribution in [1.82, 2.24) is 19.7 Å². The summed E-state index contributed by atoms with van der Waals surface area (Å²) in [4.78, 5) is 4.45. The molecule has 1 N–H and O–H groups in total. The number of hydrogen-bond donors (Lipinski definition) is 1. The Morgan fingerprint density at radius 2 is 2.05 bits per heavy atom. The number of hydrogen-bond acceptors (Lipinski definition) is 5. The van der Waals surface area contributed by atoms with Crippen LogP contribution in [0.1, 0.15) is 42.1 Å². The molecule has 0 spiro atoms. The van der Waals surface area contributed by atoms with E-state index in [0.717, 1.165) is 30.1 Å². The summed E-state index contributed by atoms with van der Waals surface area (Å²) < 4.78 is 7.72. The van der Waals surface area contributed by atoms with Gasteiger partial charge in [-0.3, -0.25) is 0 Å². The van der Waals surface area contributed by atoms with E-state index in [1.807, 2.05) is 36.0 Å². The quantitative estimate of drug-likeness (QED) is 0.784. The minimum absolute atomic E-state index is 0.131. The molecule has 2 heterocycles. The predicted octanol–water partition coefficient (Wildman–Crippen LogP) is 2.88. The van der Waals surface area contributed by atoms with Gasteiger partial charge < -0.3 is 14.3 Å². The SMILES string of the molecule is Cn1ccnc1[C@@H](Nc1nnc(C2CC2)o1)c1ccccc1. The summed E-state index contributed by atoms with van der Waals surface area (Å²) in [6.45, 7) is 0. The lowest BCUT2D eigenvalue weighted by Gasteiger charge is -2.17. The molecule has 3 aromatic rings. The van der Waals surface area contributed by atoms with Crippen molar-refractivity contribution in [2.75, 3.05) is 5.32 Å².